The molecule has 2 rings (SSSR count). The third-order valence-corrected chi connectivity index (χ3v) is 23.5. The molecule has 0 aromatic rings. The van der Waals surface area contributed by atoms with Crippen molar-refractivity contribution in [3.8, 4) is 0 Å². The fourth-order valence-corrected chi connectivity index (χ4v) is 15.2. The Morgan fingerprint density at radius 1 is 0.291 bits per heavy atom. The van der Waals surface area contributed by atoms with Crippen LogP contribution in [0, 0.1) is 11.8 Å². The van der Waals surface area contributed by atoms with Crippen LogP contribution in [0.1, 0.15) is 149 Å². The van der Waals surface area contributed by atoms with Crippen LogP contribution in [0.4, 0.5) is 0 Å². The predicted molar refractivity (Wildman–Crippen MR) is 523 cm³/mol. The van der Waals surface area contributed by atoms with Gasteiger partial charge in [0.1, 0.15) is 25.0 Å². The molecule has 0 aliphatic carbocycles. The molecule has 141 heavy (non-hydrogen) atoms. The van der Waals surface area contributed by atoms with Crippen molar-refractivity contribution in [3.05, 3.63) is 0 Å². The molecule has 5 N–H and O–H groups in total. The minimum atomic E-state index is -2.01. The zero-order valence-corrected chi connectivity index (χ0v) is 87.2. The predicted octanol–water partition coefficient (Wildman–Crippen LogP) is 4.81. The van der Waals surface area contributed by atoms with Gasteiger partial charge in [0.2, 0.25) is 53.2 Å². The molecule has 0 aromatic heterocycles. The van der Waals surface area contributed by atoms with Gasteiger partial charge in [-0.15, -0.1) is 9.05 Å². The Kier molecular flexibility index (Phi) is 95.8. The normalized spacial score (nSPS) is 14.2. The van der Waals surface area contributed by atoms with Crippen molar-refractivity contribution in [2.24, 2.45) is 11.8 Å². The number of nitrogens with one attached hydrogen (secondary N) is 5. The third-order valence-electron chi connectivity index (χ3n) is 20.2. The van der Waals surface area contributed by atoms with Gasteiger partial charge in [-0.25, -0.2) is 0 Å². The summed E-state index contributed by atoms with van der Waals surface area (Å²) in [6.07, 6.45) is 10.2. The highest BCUT2D eigenvalue weighted by Gasteiger charge is 2.37. The maximum Gasteiger partial charge on any atom is 0.697 e. The van der Waals surface area contributed by atoms with Gasteiger partial charge in [0, 0.05) is 125 Å². The maximum absolute atomic E-state index is 13.3. The van der Waals surface area contributed by atoms with Crippen molar-refractivity contribution in [1.29, 1.82) is 0 Å². The van der Waals surface area contributed by atoms with Gasteiger partial charge >= 0.3 is 8.25 Å². The molecule has 47 heteroatoms. The minimum absolute atomic E-state index is 0.0142. The second-order valence-electron chi connectivity index (χ2n) is 32.0. The lowest BCUT2D eigenvalue weighted by atomic mass is 10.1. The smallest absolute Gasteiger partial charge is 0.379 e. The molecule has 3 unspecified atom stereocenters. The number of ketones is 1. The Bertz CT molecular complexity index is 3040. The molecule has 2 aliphatic heterocycles. The summed E-state index contributed by atoms with van der Waals surface area (Å²) in [5.41, 5.74) is 0. The monoisotopic (exact) mass is 2090 g/mol. The van der Waals surface area contributed by atoms with E-state index in [1.807, 2.05) is 0 Å². The van der Waals surface area contributed by atoms with E-state index < -0.39 is 26.1 Å². The Morgan fingerprint density at radius 2 is 0.553 bits per heavy atom. The van der Waals surface area contributed by atoms with Crippen LogP contribution in [0.2, 0.25) is 0 Å². The average molecular weight is 2090 g/mol. The molecule has 9 amide bonds. The summed E-state index contributed by atoms with van der Waals surface area (Å²) in [4.78, 5) is 126. The van der Waals surface area contributed by atoms with Crippen LogP contribution in [0.5, 0.6) is 0 Å². The lowest BCUT2D eigenvalue weighted by Gasteiger charge is -2.20. The standard InChI is InChI=1S/C94H172N7O37PS2/c1-4-137-139(112)138-30-14-8-7-11-23-96-87(104)20-31-114-33-35-116-37-39-118-41-43-120-45-47-122-49-51-124-53-55-126-57-59-128-61-63-130-65-67-132-69-71-134-73-75-136-77-76-135-74-72-133-70-68-131-66-64-129-62-60-127-58-56-125-54-52-123-50-48-121-46-44-119-42-40-117-38-36-115-34-32-113-29-15-16-84(102)21-78-140-141-79-22-88(105)97-24-10-5-6-12-26-98-92(109)85(99-89(106)19-28-101-91(108)81-83(3)94(101)111)17-9-13-25-95-86(103)18-27-100-90(107)80-82(2)93(100)110/h82-83,85H,4-81H2,1-3H3,(H4-,95,96,97,98,99,103,104,105,106,109)/p+1/t82?,83?,85-/m1/s1. The van der Waals surface area contributed by atoms with Gasteiger partial charge in [0.15, 0.2) is 0 Å². The van der Waals surface area contributed by atoms with E-state index in [4.69, 9.17) is 123 Å². The lowest BCUT2D eigenvalue weighted by Crippen LogP contribution is -2.47. The van der Waals surface area contributed by atoms with E-state index >= 15 is 0 Å². The zero-order chi connectivity index (χ0) is 102. The minimum Gasteiger partial charge on any atom is -0.379 e. The van der Waals surface area contributed by atoms with E-state index in [1.54, 1.807) is 42.4 Å². The fourth-order valence-electron chi connectivity index (χ4n) is 12.6. The molecule has 0 bridgehead atoms. The highest BCUT2D eigenvalue weighted by atomic mass is 33.1. The number of carbonyl (C=O) groups is 10. The van der Waals surface area contributed by atoms with Crippen LogP contribution in [0.25, 0.3) is 0 Å². The molecule has 0 aromatic carbocycles. The number of carbonyl (C=O) groups excluding carboxylic acids is 10. The van der Waals surface area contributed by atoms with Crippen molar-refractivity contribution < 1.29 is 175 Å². The summed E-state index contributed by atoms with van der Waals surface area (Å²) >= 11 is 0. The number of hydrogen-bond acceptors (Lipinski definition) is 39. The van der Waals surface area contributed by atoms with E-state index in [0.717, 1.165) is 54.7 Å². The molecule has 2 aliphatic rings. The third kappa shape index (κ3) is 87.8. The summed E-state index contributed by atoms with van der Waals surface area (Å²) in [5, 5.41) is 14.3. The molecule has 822 valence electrons. The molecule has 2 heterocycles. The van der Waals surface area contributed by atoms with Crippen LogP contribution in [0.3, 0.4) is 0 Å². The quantitative estimate of drug-likeness (QED) is 0.0236. The molecule has 2 saturated heterocycles. The Hall–Kier alpha value is -4.94. The highest BCUT2D eigenvalue weighted by Crippen LogP contribution is 2.25. The van der Waals surface area contributed by atoms with Gasteiger partial charge in [0.25, 0.3) is 0 Å². The average Bonchev–Trinajstić information content (AvgIpc) is 1.71. The van der Waals surface area contributed by atoms with Crippen molar-refractivity contribution in [3.63, 3.8) is 0 Å². The van der Waals surface area contributed by atoms with Crippen LogP contribution in [0.15, 0.2) is 0 Å². The molecule has 2 fully saturated rings. The van der Waals surface area contributed by atoms with Crippen molar-refractivity contribution in [1.82, 2.24) is 36.4 Å². The number of ether oxygens (including phenoxy) is 24. The molecular formula is C94H173N7O37PS2+. The first-order valence-corrected chi connectivity index (χ1v) is 54.1. The number of Topliss-reactive ketones (excluding diaryl/α,β-unsaturated/α-hetero) is 1. The van der Waals surface area contributed by atoms with Gasteiger partial charge in [-0.3, -0.25) is 57.7 Å². The fraction of sp³-hybridized carbons (Fsp3) is 0.894. The highest BCUT2D eigenvalue weighted by molar-refractivity contribution is 8.76. The first kappa shape index (κ1) is 132. The molecular weight excluding hydrogens is 1910 g/mol. The van der Waals surface area contributed by atoms with Gasteiger partial charge in [-0.2, -0.15) is 0 Å². The number of unbranched alkanes of at least 4 members (excludes halogenated alkanes) is 7. The SMILES string of the molecule is CCO[P+](=O)OCCCCCCNC(=O)CCOCCOCCOCCOCCOCCOCCOCCOCCOCCOCCOCCOCCOCCOCCOCCOCCOCCOCCOCCOCCOCCOCCOCCOCCCC(=O)CCSSCCC(=O)NCCCCCCNC(=O)[C@@H](CCCCNC(=O)CCN1C(=O)CC(C)C1=O)NC(=O)CCN1C(=O)CC(C)C1=O. The molecule has 0 saturated carbocycles. The summed E-state index contributed by atoms with van der Waals surface area (Å²) in [6, 6.07) is -0.878. The van der Waals surface area contributed by atoms with Crippen molar-refractivity contribution in [2.75, 3.05) is 381 Å². The second kappa shape index (κ2) is 102. The number of nitrogens with zero attached hydrogens (tertiary/aromatic N) is 2. The molecule has 0 spiro atoms. The van der Waals surface area contributed by atoms with Crippen LogP contribution >= 0.6 is 29.8 Å². The zero-order valence-electron chi connectivity index (χ0n) is 84.6. The van der Waals surface area contributed by atoms with Crippen molar-refractivity contribution in [2.45, 2.75) is 155 Å². The first-order chi connectivity index (χ1) is 69.1. The molecule has 0 radical (unpaired) electrons. The summed E-state index contributed by atoms with van der Waals surface area (Å²) in [5.74, 6) is -1.78. The number of imide groups is 2. The van der Waals surface area contributed by atoms with Crippen molar-refractivity contribution >= 4 is 88.8 Å². The maximum atomic E-state index is 13.3. The summed E-state index contributed by atoms with van der Waals surface area (Å²) < 4.78 is 154. The second-order valence-corrected chi connectivity index (χ2v) is 35.6. The van der Waals surface area contributed by atoms with E-state index in [0.29, 0.717) is 419 Å². The van der Waals surface area contributed by atoms with Gasteiger partial charge in [-0.05, 0) is 58.3 Å². The van der Waals surface area contributed by atoms with Gasteiger partial charge in [0.05, 0.1) is 311 Å². The lowest BCUT2D eigenvalue weighted by molar-refractivity contribution is -0.141. The Morgan fingerprint density at radius 3 is 0.858 bits per heavy atom. The number of amides is 9. The van der Waals surface area contributed by atoms with E-state index in [2.05, 4.69) is 26.6 Å². The van der Waals surface area contributed by atoms with Crippen LogP contribution in [-0.2, 0) is 175 Å². The number of rotatable bonds is 113. The van der Waals surface area contributed by atoms with Gasteiger partial charge in [-0.1, -0.05) is 61.1 Å². The first-order valence-electron chi connectivity index (χ1n) is 50.5. The van der Waals surface area contributed by atoms with E-state index in [1.165, 1.54) is 0 Å². The number of likely N-dealkylation sites (tertiary alicyclic amines) is 2. The van der Waals surface area contributed by atoms with Crippen LogP contribution < -0.4 is 26.6 Å². The summed E-state index contributed by atoms with van der Waals surface area (Å²) in [7, 11) is 1.14. The van der Waals surface area contributed by atoms with Gasteiger partial charge < -0.3 is 140 Å². The Balaban J connectivity index is 1.17. The Labute approximate surface area is 844 Å². The number of hydrogen-bond donors (Lipinski definition) is 5. The van der Waals surface area contributed by atoms with E-state index in [9.17, 15) is 52.5 Å². The molecule has 44 nitrogen and oxygen atoms in total. The molecule has 4 atom stereocenters. The summed E-state index contributed by atoms with van der Waals surface area (Å²) in [6.45, 7) is 29.4. The largest absolute Gasteiger partial charge is 0.697 e. The van der Waals surface area contributed by atoms with Crippen LogP contribution in [-0.4, -0.2) is 456 Å². The van der Waals surface area contributed by atoms with E-state index in [-0.39, 0.29) is 104 Å². The topological polar surface area (TPSA) is 494 Å².